The Labute approximate surface area is 216 Å². The van der Waals surface area contributed by atoms with E-state index < -0.39 is 0 Å². The van der Waals surface area contributed by atoms with E-state index in [1.54, 1.807) is 7.11 Å². The molecule has 3 aromatic rings. The van der Waals surface area contributed by atoms with Crippen LogP contribution in [0.25, 0.3) is 11.2 Å². The van der Waals surface area contributed by atoms with E-state index in [-0.39, 0.29) is 42.4 Å². The van der Waals surface area contributed by atoms with Gasteiger partial charge in [-0.25, -0.2) is 9.97 Å². The number of aromatic amines is 1. The summed E-state index contributed by atoms with van der Waals surface area (Å²) in [4.78, 5) is 18.7. The normalized spacial score (nSPS) is 23.1. The van der Waals surface area contributed by atoms with E-state index in [4.69, 9.17) is 25.2 Å². The minimum atomic E-state index is 0. The van der Waals surface area contributed by atoms with Crippen molar-refractivity contribution in [2.24, 2.45) is 11.1 Å². The smallest absolute Gasteiger partial charge is 0.258 e. The second-order valence-corrected chi connectivity index (χ2v) is 9.42. The number of H-pyrrole nitrogens is 1. The molecule has 0 aliphatic carbocycles. The highest BCUT2D eigenvalue weighted by molar-refractivity contribution is 5.88. The summed E-state index contributed by atoms with van der Waals surface area (Å²) in [6.07, 6.45) is 5.87. The number of anilines is 3. The monoisotopic (exact) mass is 522 g/mol. The lowest BCUT2D eigenvalue weighted by Gasteiger charge is -2.41. The van der Waals surface area contributed by atoms with Gasteiger partial charge in [0.25, 0.3) is 5.88 Å². The molecular weight excluding hydrogens is 491 g/mol. The van der Waals surface area contributed by atoms with E-state index in [1.807, 2.05) is 12.3 Å². The third kappa shape index (κ3) is 4.16. The number of nitrogens with one attached hydrogen (secondary N) is 1. The van der Waals surface area contributed by atoms with Gasteiger partial charge in [-0.3, -0.25) is 10.1 Å². The van der Waals surface area contributed by atoms with Crippen molar-refractivity contribution in [3.63, 3.8) is 0 Å². The third-order valence-corrected chi connectivity index (χ3v) is 7.63. The van der Waals surface area contributed by atoms with Crippen LogP contribution in [0.1, 0.15) is 31.9 Å². The van der Waals surface area contributed by atoms with Crippen molar-refractivity contribution in [2.45, 2.75) is 44.8 Å². The van der Waals surface area contributed by atoms with Crippen molar-refractivity contribution >= 4 is 53.3 Å². The number of fused-ring (bicyclic) bond motifs is 2. The fourth-order valence-corrected chi connectivity index (χ4v) is 5.58. The molecule has 6 heterocycles. The molecule has 2 atom stereocenters. The molecule has 3 aromatic heterocycles. The summed E-state index contributed by atoms with van der Waals surface area (Å²) in [6.45, 7) is 5.35. The first kappa shape index (κ1) is 25.7. The number of ether oxygens (including phenoxy) is 2. The van der Waals surface area contributed by atoms with Crippen LogP contribution in [0.2, 0.25) is 0 Å². The molecule has 1 spiro atoms. The van der Waals surface area contributed by atoms with Crippen molar-refractivity contribution in [2.75, 3.05) is 43.2 Å². The Balaban J connectivity index is 0.00000144. The van der Waals surface area contributed by atoms with Gasteiger partial charge >= 0.3 is 0 Å². The van der Waals surface area contributed by atoms with Gasteiger partial charge < -0.3 is 25.0 Å². The molecule has 190 valence electrons. The van der Waals surface area contributed by atoms with Crippen LogP contribution in [-0.2, 0) is 11.2 Å². The minimum absolute atomic E-state index is 0. The average Bonchev–Trinajstić information content (AvgIpc) is 3.39. The van der Waals surface area contributed by atoms with Gasteiger partial charge in [-0.2, -0.15) is 5.10 Å². The fourth-order valence-electron chi connectivity index (χ4n) is 5.58. The zero-order valence-corrected chi connectivity index (χ0v) is 21.6. The Hall–Kier alpha value is -2.40. The molecule has 10 nitrogen and oxygen atoms in total. The van der Waals surface area contributed by atoms with Crippen LogP contribution in [0, 0.1) is 5.41 Å². The minimum Gasteiger partial charge on any atom is -0.478 e. The van der Waals surface area contributed by atoms with Crippen molar-refractivity contribution in [1.29, 1.82) is 0 Å². The number of nitrogens with two attached hydrogens (primary N) is 1. The van der Waals surface area contributed by atoms with Crippen molar-refractivity contribution in [3.05, 3.63) is 24.0 Å². The van der Waals surface area contributed by atoms with Gasteiger partial charge in [-0.15, -0.1) is 24.8 Å². The number of halogens is 2. The summed E-state index contributed by atoms with van der Waals surface area (Å²) < 4.78 is 11.6. The molecule has 12 heteroatoms. The summed E-state index contributed by atoms with van der Waals surface area (Å²) in [6, 6.07) is 4.12. The SMILES string of the molecule is COc1nc2c(N3CCCc4ncccc43)n[nH]c2nc1N1CCC2(CC1)CO[C@@H](C)[C@H]2N.Cl.Cl. The van der Waals surface area contributed by atoms with Crippen molar-refractivity contribution in [1.82, 2.24) is 25.1 Å². The standard InChI is InChI=1S/C23H30N8O2.2ClH/c1-14-18(24)23(13-33-14)7-11-30(12-8-23)21-22(32-2)26-17-19(27-21)28-29-20(17)31-10-4-5-15-16(31)6-3-9-25-15;;/h3,6,9,14,18H,4-5,7-8,10-13,24H2,1-2H3,(H,27,28,29);2*1H/t14-,18+;;/m0../s1. The Morgan fingerprint density at radius 2 is 1.97 bits per heavy atom. The zero-order chi connectivity index (χ0) is 22.6. The maximum Gasteiger partial charge on any atom is 0.258 e. The number of hydrogen-bond donors (Lipinski definition) is 2. The molecule has 0 unspecified atom stereocenters. The molecule has 3 aliphatic heterocycles. The molecule has 2 saturated heterocycles. The van der Waals surface area contributed by atoms with E-state index >= 15 is 0 Å². The van der Waals surface area contributed by atoms with Crippen molar-refractivity contribution < 1.29 is 9.47 Å². The molecule has 2 fully saturated rings. The fraction of sp³-hybridized carbons (Fsp3) is 0.565. The van der Waals surface area contributed by atoms with Crippen LogP contribution in [0.3, 0.4) is 0 Å². The summed E-state index contributed by atoms with van der Waals surface area (Å²) in [5.74, 6) is 2.03. The topological polar surface area (TPSA) is 118 Å². The highest BCUT2D eigenvalue weighted by Gasteiger charge is 2.48. The first-order valence-corrected chi connectivity index (χ1v) is 11.7. The number of aromatic nitrogens is 5. The summed E-state index contributed by atoms with van der Waals surface area (Å²) in [7, 11) is 1.65. The molecule has 0 radical (unpaired) electrons. The van der Waals surface area contributed by atoms with Gasteiger partial charge in [0.1, 0.15) is 0 Å². The molecule has 0 saturated carbocycles. The van der Waals surface area contributed by atoms with E-state index in [2.05, 4.69) is 38.0 Å². The Morgan fingerprint density at radius 1 is 1.17 bits per heavy atom. The number of pyridine rings is 1. The molecule has 0 aromatic carbocycles. The summed E-state index contributed by atoms with van der Waals surface area (Å²) in [5, 5.41) is 7.70. The maximum absolute atomic E-state index is 6.49. The molecular formula is C23H32Cl2N8O2. The molecule has 3 aliphatic rings. The van der Waals surface area contributed by atoms with E-state index in [1.165, 1.54) is 0 Å². The van der Waals surface area contributed by atoms with Crippen LogP contribution < -0.4 is 20.3 Å². The van der Waals surface area contributed by atoms with Gasteiger partial charge in [0.05, 0.1) is 31.2 Å². The molecule has 0 bridgehead atoms. The lowest BCUT2D eigenvalue weighted by Crippen LogP contribution is -2.50. The lowest BCUT2D eigenvalue weighted by molar-refractivity contribution is 0.0973. The van der Waals surface area contributed by atoms with Gasteiger partial charge in [-0.1, -0.05) is 0 Å². The predicted molar refractivity (Wildman–Crippen MR) is 140 cm³/mol. The number of nitrogens with zero attached hydrogens (tertiary/aromatic N) is 6. The number of aryl methyl sites for hydroxylation is 1. The Kier molecular flexibility index (Phi) is 7.28. The number of piperidine rings is 1. The summed E-state index contributed by atoms with van der Waals surface area (Å²) >= 11 is 0. The first-order chi connectivity index (χ1) is 16.1. The number of rotatable bonds is 3. The van der Waals surface area contributed by atoms with Gasteiger partial charge in [0, 0.05) is 37.3 Å². The quantitative estimate of drug-likeness (QED) is 0.534. The second kappa shape index (κ2) is 9.93. The molecule has 3 N–H and O–H groups in total. The molecule has 35 heavy (non-hydrogen) atoms. The highest BCUT2D eigenvalue weighted by atomic mass is 35.5. The van der Waals surface area contributed by atoms with E-state index in [0.717, 1.165) is 74.9 Å². The van der Waals surface area contributed by atoms with Gasteiger partial charge in [0.15, 0.2) is 22.8 Å². The van der Waals surface area contributed by atoms with E-state index in [0.29, 0.717) is 17.0 Å². The first-order valence-electron chi connectivity index (χ1n) is 11.7. The number of methoxy groups -OCH3 is 1. The second-order valence-electron chi connectivity index (χ2n) is 9.42. The van der Waals surface area contributed by atoms with Crippen LogP contribution in [-0.4, -0.2) is 70.6 Å². The van der Waals surface area contributed by atoms with Crippen LogP contribution in [0.15, 0.2) is 18.3 Å². The predicted octanol–water partition coefficient (Wildman–Crippen LogP) is 3.02. The van der Waals surface area contributed by atoms with Crippen LogP contribution in [0.5, 0.6) is 5.88 Å². The van der Waals surface area contributed by atoms with Crippen LogP contribution >= 0.6 is 24.8 Å². The Bertz CT molecular complexity index is 1180. The molecule has 6 rings (SSSR count). The van der Waals surface area contributed by atoms with Crippen molar-refractivity contribution in [3.8, 4) is 5.88 Å². The zero-order valence-electron chi connectivity index (χ0n) is 19.9. The summed E-state index contributed by atoms with van der Waals surface area (Å²) in [5.41, 5.74) is 10.1. The largest absolute Gasteiger partial charge is 0.478 e. The highest BCUT2D eigenvalue weighted by Crippen LogP contribution is 2.43. The lowest BCUT2D eigenvalue weighted by atomic mass is 9.73. The van der Waals surface area contributed by atoms with Gasteiger partial charge in [-0.05, 0) is 44.7 Å². The Morgan fingerprint density at radius 3 is 2.69 bits per heavy atom. The number of hydrogen-bond acceptors (Lipinski definition) is 9. The van der Waals surface area contributed by atoms with Crippen LogP contribution in [0.4, 0.5) is 17.3 Å². The molecule has 0 amide bonds. The maximum atomic E-state index is 6.49. The van der Waals surface area contributed by atoms with E-state index in [9.17, 15) is 0 Å². The average molecular weight is 523 g/mol. The third-order valence-electron chi connectivity index (χ3n) is 7.63. The van der Waals surface area contributed by atoms with Gasteiger partial charge in [0.2, 0.25) is 0 Å².